The number of hydrogen-bond donors (Lipinski definition) is 4. The summed E-state index contributed by atoms with van der Waals surface area (Å²) < 4.78 is 5.04. The molecule has 0 saturated carbocycles. The van der Waals surface area contributed by atoms with Gasteiger partial charge in [0.1, 0.15) is 30.6 Å². The molecule has 232 valence electrons. The van der Waals surface area contributed by atoms with Crippen molar-refractivity contribution in [2.75, 3.05) is 12.5 Å². The van der Waals surface area contributed by atoms with Crippen LogP contribution in [0.15, 0.2) is 84.9 Å². The fourth-order valence-corrected chi connectivity index (χ4v) is 6.97. The molecular formula is C34H39N3O6S. The predicted octanol–water partition coefficient (Wildman–Crippen LogP) is 3.20. The van der Waals surface area contributed by atoms with Gasteiger partial charge in [0.25, 0.3) is 5.91 Å². The number of thioether (sulfide) groups is 1. The van der Waals surface area contributed by atoms with Gasteiger partial charge in [-0.3, -0.25) is 14.4 Å². The molecule has 0 spiro atoms. The van der Waals surface area contributed by atoms with E-state index in [1.54, 1.807) is 12.1 Å². The van der Waals surface area contributed by atoms with Gasteiger partial charge in [0, 0.05) is 22.8 Å². The molecule has 5 atom stereocenters. The molecule has 0 radical (unpaired) electrons. The van der Waals surface area contributed by atoms with Gasteiger partial charge in [0.05, 0.1) is 11.9 Å². The number of nitrogens with zero attached hydrogens (tertiary/aromatic N) is 1. The molecule has 9 nitrogen and oxygen atoms in total. The van der Waals surface area contributed by atoms with E-state index in [-0.39, 0.29) is 31.2 Å². The Labute approximate surface area is 262 Å². The van der Waals surface area contributed by atoms with E-state index in [0.717, 1.165) is 11.1 Å². The molecule has 0 bridgehead atoms. The van der Waals surface area contributed by atoms with E-state index in [4.69, 9.17) is 4.74 Å². The van der Waals surface area contributed by atoms with E-state index in [2.05, 4.69) is 10.6 Å². The van der Waals surface area contributed by atoms with Gasteiger partial charge in [-0.2, -0.15) is 0 Å². The third-order valence-electron chi connectivity index (χ3n) is 8.22. The summed E-state index contributed by atoms with van der Waals surface area (Å²) in [7, 11) is 0. The van der Waals surface area contributed by atoms with Crippen molar-refractivity contribution < 1.29 is 29.3 Å². The topological polar surface area (TPSA) is 128 Å². The molecule has 3 aromatic carbocycles. The SMILES string of the molecule is CC1(C)SCN(C(=O)[C@@H](O)C[C@@H](Cc2ccccc2)C(=O)N[C@H]2c3ccccc3OC[C@H]2O)[C@@H]1C(=O)NCc1ccccc1. The van der Waals surface area contributed by atoms with Crippen LogP contribution in [0.1, 0.15) is 43.0 Å². The zero-order valence-electron chi connectivity index (χ0n) is 24.9. The standard InChI is InChI=1S/C34H39N3O6S/c1-34(2)30(32(41)35-19-23-13-7-4-8-14-23)37(21-44-34)33(42)26(38)18-24(17-22-11-5-3-6-12-22)31(40)36-29-25-15-9-10-16-28(25)43-20-27(29)39/h3-16,24,26-27,29-30,38-39H,17-21H2,1-2H3,(H,35,41)(H,36,40)/t24-,26+,27-,29+,30-/m1/s1. The van der Waals surface area contributed by atoms with E-state index >= 15 is 0 Å². The van der Waals surface area contributed by atoms with Crippen molar-refractivity contribution in [1.82, 2.24) is 15.5 Å². The second kappa shape index (κ2) is 13.8. The summed E-state index contributed by atoms with van der Waals surface area (Å²) in [5, 5.41) is 27.9. The van der Waals surface area contributed by atoms with Crippen LogP contribution in [0.4, 0.5) is 0 Å². The first-order valence-electron chi connectivity index (χ1n) is 14.8. The number of ether oxygens (including phenoxy) is 1. The minimum Gasteiger partial charge on any atom is -0.490 e. The van der Waals surface area contributed by atoms with Crippen molar-refractivity contribution in [1.29, 1.82) is 0 Å². The highest BCUT2D eigenvalue weighted by atomic mass is 32.2. The first-order chi connectivity index (χ1) is 21.1. The maximum atomic E-state index is 13.8. The van der Waals surface area contributed by atoms with E-state index < -0.39 is 46.8 Å². The molecule has 1 saturated heterocycles. The lowest BCUT2D eigenvalue weighted by Crippen LogP contribution is -2.55. The third kappa shape index (κ3) is 7.26. The van der Waals surface area contributed by atoms with Gasteiger partial charge in [-0.25, -0.2) is 0 Å². The molecule has 10 heteroatoms. The smallest absolute Gasteiger partial charge is 0.252 e. The van der Waals surface area contributed by atoms with Crippen molar-refractivity contribution in [3.05, 3.63) is 102 Å². The third-order valence-corrected chi connectivity index (χ3v) is 9.60. The Morgan fingerprint density at radius 2 is 1.61 bits per heavy atom. The largest absolute Gasteiger partial charge is 0.490 e. The van der Waals surface area contributed by atoms with E-state index in [1.807, 2.05) is 86.6 Å². The molecule has 3 aromatic rings. The summed E-state index contributed by atoms with van der Waals surface area (Å²) >= 11 is 1.47. The maximum absolute atomic E-state index is 13.8. The second-order valence-corrected chi connectivity index (χ2v) is 13.4. The first kappa shape index (κ1) is 31.6. The van der Waals surface area contributed by atoms with Gasteiger partial charge in [0.2, 0.25) is 11.8 Å². The number of carbonyl (C=O) groups is 3. The Balaban J connectivity index is 1.31. The minimum absolute atomic E-state index is 0.0303. The fraction of sp³-hybridized carbons (Fsp3) is 0.382. The number of para-hydroxylation sites is 1. The first-order valence-corrected chi connectivity index (χ1v) is 15.8. The van der Waals surface area contributed by atoms with Crippen molar-refractivity contribution in [2.24, 2.45) is 5.92 Å². The minimum atomic E-state index is -1.51. The highest BCUT2D eigenvalue weighted by Gasteiger charge is 2.49. The van der Waals surface area contributed by atoms with Crippen LogP contribution >= 0.6 is 11.8 Å². The lowest BCUT2D eigenvalue weighted by atomic mass is 9.90. The van der Waals surface area contributed by atoms with Crippen LogP contribution in [0.5, 0.6) is 5.75 Å². The monoisotopic (exact) mass is 617 g/mol. The number of aliphatic hydroxyl groups excluding tert-OH is 2. The molecule has 2 aliphatic heterocycles. The number of rotatable bonds is 10. The Morgan fingerprint density at radius 1 is 0.977 bits per heavy atom. The summed E-state index contributed by atoms with van der Waals surface area (Å²) in [5.41, 5.74) is 2.47. The zero-order valence-corrected chi connectivity index (χ0v) is 25.7. The molecule has 0 unspecified atom stereocenters. The summed E-state index contributed by atoms with van der Waals surface area (Å²) in [6.45, 7) is 4.17. The van der Waals surface area contributed by atoms with Crippen molar-refractivity contribution >= 4 is 29.5 Å². The van der Waals surface area contributed by atoms with Gasteiger partial charge < -0.3 is 30.5 Å². The summed E-state index contributed by atoms with van der Waals surface area (Å²) in [5.74, 6) is -1.24. The normalized spacial score (nSPS) is 21.8. The van der Waals surface area contributed by atoms with Gasteiger partial charge in [-0.1, -0.05) is 78.9 Å². The number of nitrogens with one attached hydrogen (secondary N) is 2. The lowest BCUT2D eigenvalue weighted by molar-refractivity contribution is -0.147. The van der Waals surface area contributed by atoms with Crippen LogP contribution in [0.25, 0.3) is 0 Å². The fourth-order valence-electron chi connectivity index (χ4n) is 5.83. The average molecular weight is 618 g/mol. The Kier molecular flexibility index (Phi) is 9.93. The van der Waals surface area contributed by atoms with Crippen LogP contribution in [-0.2, 0) is 27.3 Å². The molecule has 4 N–H and O–H groups in total. The molecule has 0 aromatic heterocycles. The van der Waals surface area contributed by atoms with Crippen molar-refractivity contribution in [3.8, 4) is 5.75 Å². The summed E-state index contributed by atoms with van der Waals surface area (Å²) in [4.78, 5) is 42.3. The molecule has 3 amide bonds. The summed E-state index contributed by atoms with van der Waals surface area (Å²) in [6.07, 6.45) is -2.35. The van der Waals surface area contributed by atoms with Gasteiger partial charge in [0.15, 0.2) is 0 Å². The highest BCUT2D eigenvalue weighted by Crippen LogP contribution is 2.40. The van der Waals surface area contributed by atoms with Crippen molar-refractivity contribution in [2.45, 2.75) is 62.3 Å². The van der Waals surface area contributed by atoms with Crippen LogP contribution in [-0.4, -0.2) is 68.3 Å². The average Bonchev–Trinajstić information content (AvgIpc) is 3.36. The van der Waals surface area contributed by atoms with Crippen LogP contribution < -0.4 is 15.4 Å². The molecule has 44 heavy (non-hydrogen) atoms. The van der Waals surface area contributed by atoms with E-state index in [9.17, 15) is 24.6 Å². The Bertz CT molecular complexity index is 1450. The van der Waals surface area contributed by atoms with Gasteiger partial charge >= 0.3 is 0 Å². The molecule has 1 fully saturated rings. The molecule has 2 heterocycles. The van der Waals surface area contributed by atoms with Crippen LogP contribution in [0, 0.1) is 5.92 Å². The van der Waals surface area contributed by atoms with Gasteiger partial charge in [-0.05, 0) is 43.9 Å². The van der Waals surface area contributed by atoms with Crippen molar-refractivity contribution in [3.63, 3.8) is 0 Å². The van der Waals surface area contributed by atoms with E-state index in [1.165, 1.54) is 16.7 Å². The summed E-state index contributed by atoms with van der Waals surface area (Å²) in [6, 6.07) is 24.6. The zero-order chi connectivity index (χ0) is 31.3. The maximum Gasteiger partial charge on any atom is 0.252 e. The molecule has 5 rings (SSSR count). The quantitative estimate of drug-likeness (QED) is 0.275. The van der Waals surface area contributed by atoms with E-state index in [0.29, 0.717) is 17.9 Å². The lowest BCUT2D eigenvalue weighted by Gasteiger charge is -2.33. The predicted molar refractivity (Wildman–Crippen MR) is 169 cm³/mol. The number of hydrogen-bond acceptors (Lipinski definition) is 7. The van der Waals surface area contributed by atoms with Gasteiger partial charge in [-0.15, -0.1) is 11.8 Å². The second-order valence-electron chi connectivity index (χ2n) is 11.8. The number of aliphatic hydroxyl groups is 2. The molecule has 0 aliphatic carbocycles. The number of amides is 3. The van der Waals surface area contributed by atoms with Crippen LogP contribution in [0.3, 0.4) is 0 Å². The van der Waals surface area contributed by atoms with Crippen LogP contribution in [0.2, 0.25) is 0 Å². The number of fused-ring (bicyclic) bond motifs is 1. The number of carbonyl (C=O) groups excluding carboxylic acids is 3. The Hall–Kier alpha value is -3.86. The number of benzene rings is 3. The highest BCUT2D eigenvalue weighted by molar-refractivity contribution is 8.00. The molecular weight excluding hydrogens is 578 g/mol. The molecule has 2 aliphatic rings. The Morgan fingerprint density at radius 3 is 2.32 bits per heavy atom.